The molecule has 2 rings (SSSR count). The Hall–Kier alpha value is -2.37. The first-order valence-electron chi connectivity index (χ1n) is 7.97. The molecule has 130 valence electrons. The van der Waals surface area contributed by atoms with Crippen molar-refractivity contribution in [1.82, 2.24) is 4.90 Å². The third-order valence-corrected chi connectivity index (χ3v) is 3.80. The number of para-hydroxylation sites is 1. The second-order valence-corrected chi connectivity index (χ2v) is 7.26. The summed E-state index contributed by atoms with van der Waals surface area (Å²) in [5, 5.41) is 0. The standard InChI is InChI=1S/C18H24N2O4/c1-11(2)14-16(22)19(6)13-10-8-7-9-12(13)15(21)20(14)17(23)24-18(3,4)5/h7-11,14H,1-6H3/t14-/m0/s1. The molecule has 0 radical (unpaired) electrons. The monoisotopic (exact) mass is 332 g/mol. The van der Waals surface area contributed by atoms with Gasteiger partial charge in [0.25, 0.3) is 5.91 Å². The Morgan fingerprint density at radius 2 is 1.75 bits per heavy atom. The van der Waals surface area contributed by atoms with Crippen molar-refractivity contribution in [3.63, 3.8) is 0 Å². The average molecular weight is 332 g/mol. The molecule has 0 aromatic heterocycles. The molecule has 0 fully saturated rings. The number of imide groups is 1. The maximum atomic E-state index is 13.0. The Morgan fingerprint density at radius 1 is 1.17 bits per heavy atom. The lowest BCUT2D eigenvalue weighted by molar-refractivity contribution is -0.124. The van der Waals surface area contributed by atoms with Crippen LogP contribution in [0.3, 0.4) is 0 Å². The van der Waals surface area contributed by atoms with Crippen LogP contribution in [-0.4, -0.2) is 41.5 Å². The van der Waals surface area contributed by atoms with Gasteiger partial charge < -0.3 is 9.64 Å². The Morgan fingerprint density at radius 3 is 2.29 bits per heavy atom. The second-order valence-electron chi connectivity index (χ2n) is 7.26. The molecule has 0 N–H and O–H groups in total. The first-order valence-corrected chi connectivity index (χ1v) is 7.97. The number of rotatable bonds is 1. The van der Waals surface area contributed by atoms with Crippen LogP contribution in [0.4, 0.5) is 10.5 Å². The van der Waals surface area contributed by atoms with E-state index in [1.54, 1.807) is 65.9 Å². The SMILES string of the molecule is CC(C)[C@H]1C(=O)N(C)c2ccccc2C(=O)N1C(=O)OC(C)(C)C. The first-order chi connectivity index (χ1) is 11.0. The summed E-state index contributed by atoms with van der Waals surface area (Å²) in [6.07, 6.45) is -0.801. The van der Waals surface area contributed by atoms with Crippen molar-refractivity contribution in [3.05, 3.63) is 29.8 Å². The van der Waals surface area contributed by atoms with Gasteiger partial charge in [0.1, 0.15) is 11.6 Å². The summed E-state index contributed by atoms with van der Waals surface area (Å²) in [6, 6.07) is 5.86. The number of nitrogens with zero attached hydrogens (tertiary/aromatic N) is 2. The minimum atomic E-state index is -0.912. The average Bonchev–Trinajstić information content (AvgIpc) is 2.55. The quantitative estimate of drug-likeness (QED) is 0.793. The van der Waals surface area contributed by atoms with E-state index in [9.17, 15) is 14.4 Å². The van der Waals surface area contributed by atoms with Crippen molar-refractivity contribution < 1.29 is 19.1 Å². The number of anilines is 1. The molecule has 3 amide bonds. The van der Waals surface area contributed by atoms with E-state index in [-0.39, 0.29) is 11.8 Å². The van der Waals surface area contributed by atoms with Crippen LogP contribution in [0.25, 0.3) is 0 Å². The van der Waals surface area contributed by atoms with Gasteiger partial charge in [-0.3, -0.25) is 9.59 Å². The number of hydrogen-bond donors (Lipinski definition) is 0. The zero-order valence-corrected chi connectivity index (χ0v) is 15.0. The van der Waals surface area contributed by atoms with Crippen molar-refractivity contribution >= 4 is 23.6 Å². The van der Waals surface area contributed by atoms with Gasteiger partial charge in [-0.15, -0.1) is 0 Å². The Bertz CT molecular complexity index is 676. The highest BCUT2D eigenvalue weighted by Gasteiger charge is 2.44. The van der Waals surface area contributed by atoms with Crippen molar-refractivity contribution in [2.75, 3.05) is 11.9 Å². The lowest BCUT2D eigenvalue weighted by atomic mass is 10.0. The number of benzene rings is 1. The van der Waals surface area contributed by atoms with Gasteiger partial charge in [-0.2, -0.15) is 0 Å². The molecule has 1 aromatic rings. The fraction of sp³-hybridized carbons (Fsp3) is 0.500. The molecule has 6 heteroatoms. The normalized spacial score (nSPS) is 18.5. The lowest BCUT2D eigenvalue weighted by Crippen LogP contribution is -2.54. The number of ether oxygens (including phenoxy) is 1. The largest absolute Gasteiger partial charge is 0.443 e. The van der Waals surface area contributed by atoms with E-state index in [1.807, 2.05) is 0 Å². The maximum Gasteiger partial charge on any atom is 0.418 e. The van der Waals surface area contributed by atoms with Crippen molar-refractivity contribution in [2.24, 2.45) is 5.92 Å². The maximum absolute atomic E-state index is 13.0. The number of fused-ring (bicyclic) bond motifs is 1. The zero-order chi connectivity index (χ0) is 18.2. The van der Waals surface area contributed by atoms with Gasteiger partial charge in [0.15, 0.2) is 0 Å². The van der Waals surface area contributed by atoms with Gasteiger partial charge in [-0.05, 0) is 38.8 Å². The van der Waals surface area contributed by atoms with Crippen LogP contribution in [0.2, 0.25) is 0 Å². The molecule has 0 spiro atoms. The van der Waals surface area contributed by atoms with Gasteiger partial charge in [0.2, 0.25) is 5.91 Å². The number of likely N-dealkylation sites (N-methyl/N-ethyl adjacent to an activating group) is 1. The first kappa shape index (κ1) is 18.0. The molecule has 1 aliphatic heterocycles. The highest BCUT2D eigenvalue weighted by atomic mass is 16.6. The summed E-state index contributed by atoms with van der Waals surface area (Å²) < 4.78 is 5.38. The molecular weight excluding hydrogens is 308 g/mol. The van der Waals surface area contributed by atoms with Gasteiger partial charge in [0.05, 0.1) is 11.3 Å². The minimum absolute atomic E-state index is 0.245. The molecule has 1 atom stereocenters. The van der Waals surface area contributed by atoms with Crippen LogP contribution in [0.15, 0.2) is 24.3 Å². The number of hydrogen-bond acceptors (Lipinski definition) is 4. The fourth-order valence-corrected chi connectivity index (χ4v) is 2.72. The van der Waals surface area contributed by atoms with Crippen LogP contribution in [0.1, 0.15) is 45.0 Å². The van der Waals surface area contributed by atoms with Gasteiger partial charge in [-0.1, -0.05) is 26.0 Å². The van der Waals surface area contributed by atoms with Gasteiger partial charge in [-0.25, -0.2) is 9.69 Å². The van der Waals surface area contributed by atoms with E-state index in [4.69, 9.17) is 4.74 Å². The molecule has 0 unspecified atom stereocenters. The molecule has 0 aliphatic carbocycles. The van der Waals surface area contributed by atoms with Crippen LogP contribution in [0.5, 0.6) is 0 Å². The summed E-state index contributed by atoms with van der Waals surface area (Å²) in [4.78, 5) is 41.0. The summed E-state index contributed by atoms with van der Waals surface area (Å²) in [5.74, 6) is -1.07. The number of carbonyl (C=O) groups is 3. The molecular formula is C18H24N2O4. The minimum Gasteiger partial charge on any atom is -0.443 e. The fourth-order valence-electron chi connectivity index (χ4n) is 2.72. The van der Waals surface area contributed by atoms with E-state index in [0.29, 0.717) is 11.3 Å². The summed E-state index contributed by atoms with van der Waals surface area (Å²) in [7, 11) is 1.61. The molecule has 0 bridgehead atoms. The van der Waals surface area contributed by atoms with E-state index in [0.717, 1.165) is 4.90 Å². The van der Waals surface area contributed by atoms with E-state index >= 15 is 0 Å². The van der Waals surface area contributed by atoms with Crippen LogP contribution < -0.4 is 4.90 Å². The highest BCUT2D eigenvalue weighted by Crippen LogP contribution is 2.30. The Labute approximate surface area is 142 Å². The van der Waals surface area contributed by atoms with Crippen molar-refractivity contribution in [1.29, 1.82) is 0 Å². The second kappa shape index (κ2) is 6.26. The summed E-state index contributed by atoms with van der Waals surface area (Å²) >= 11 is 0. The van der Waals surface area contributed by atoms with Crippen LogP contribution in [0, 0.1) is 5.92 Å². The molecule has 0 saturated carbocycles. The highest BCUT2D eigenvalue weighted by molar-refractivity contribution is 6.15. The molecule has 1 heterocycles. The van der Waals surface area contributed by atoms with E-state index < -0.39 is 23.6 Å². The topological polar surface area (TPSA) is 66.9 Å². The van der Waals surface area contributed by atoms with E-state index in [1.165, 1.54) is 4.90 Å². The van der Waals surface area contributed by atoms with Gasteiger partial charge in [0, 0.05) is 7.05 Å². The number of amides is 3. The van der Waals surface area contributed by atoms with E-state index in [2.05, 4.69) is 0 Å². The van der Waals surface area contributed by atoms with Crippen LogP contribution in [-0.2, 0) is 9.53 Å². The lowest BCUT2D eigenvalue weighted by Gasteiger charge is -2.32. The predicted octanol–water partition coefficient (Wildman–Crippen LogP) is 3.06. The summed E-state index contributed by atoms with van der Waals surface area (Å²) in [5.41, 5.74) is 0.0335. The van der Waals surface area contributed by atoms with Crippen molar-refractivity contribution in [2.45, 2.75) is 46.3 Å². The predicted molar refractivity (Wildman–Crippen MR) is 90.9 cm³/mol. The molecule has 6 nitrogen and oxygen atoms in total. The van der Waals surface area contributed by atoms with Gasteiger partial charge >= 0.3 is 6.09 Å². The third kappa shape index (κ3) is 3.27. The zero-order valence-electron chi connectivity index (χ0n) is 15.0. The number of carbonyl (C=O) groups excluding carboxylic acids is 3. The third-order valence-electron chi connectivity index (χ3n) is 3.80. The Balaban J connectivity index is 2.59. The smallest absolute Gasteiger partial charge is 0.418 e. The molecule has 1 aliphatic rings. The molecule has 24 heavy (non-hydrogen) atoms. The van der Waals surface area contributed by atoms with Crippen LogP contribution >= 0.6 is 0 Å². The molecule has 1 aromatic carbocycles. The summed E-state index contributed by atoms with van der Waals surface area (Å²) in [6.45, 7) is 8.77. The van der Waals surface area contributed by atoms with Crippen molar-refractivity contribution in [3.8, 4) is 0 Å². The Kier molecular flexibility index (Phi) is 4.69. The molecule has 0 saturated heterocycles.